The van der Waals surface area contributed by atoms with E-state index in [1.807, 2.05) is 56.0 Å². The van der Waals surface area contributed by atoms with Crippen LogP contribution in [0.3, 0.4) is 0 Å². The second-order valence-electron chi connectivity index (χ2n) is 20.8. The van der Waals surface area contributed by atoms with Crippen molar-refractivity contribution in [2.75, 3.05) is 150 Å². The standard InChI is InChI=1S/C60H96N8O15S/c1-45-47(46(2)65-51(45)42-49-48-14-7-8-15-50(48)66-59(49)73)20-21-57(72)63-24-13-26-82-44-83-41-40-81-39-38-80-37-36-79-35-34-78-33-32-77-31-30-76-29-28-75-27-25-64-56(71)18-6-4-12-22-61-54(69)17-5-3-11-23-62-55(70)19-10-9-16-53-58-52(43-84-53)67-60(74)68-58/h7-8,14-15,42,52-53,58,65H,3-6,9-13,16-41,43-44H2,1-2H3,(H,61,69)(H,62,70)(H,63,72)(H,64,71)(H,66,73)(H2,67,68,74)/t52-,53-,58-/m0/s1. The van der Waals surface area contributed by atoms with Gasteiger partial charge in [-0.15, -0.1) is 0 Å². The molecule has 8 N–H and O–H groups in total. The highest BCUT2D eigenvalue weighted by Gasteiger charge is 2.42. The number of urea groups is 1. The lowest BCUT2D eigenvalue weighted by Gasteiger charge is -2.16. The van der Waals surface area contributed by atoms with Crippen LogP contribution < -0.4 is 37.2 Å². The number of rotatable bonds is 51. The highest BCUT2D eigenvalue weighted by atomic mass is 32.2. The van der Waals surface area contributed by atoms with E-state index in [9.17, 15) is 28.8 Å². The average Bonchev–Trinajstić information content (AvgIpc) is 3.73. The zero-order valence-corrected chi connectivity index (χ0v) is 50.6. The molecule has 0 unspecified atom stereocenters. The number of unbranched alkanes of at least 4 members (excludes halogenated alkanes) is 5. The highest BCUT2D eigenvalue weighted by Crippen LogP contribution is 2.35. The lowest BCUT2D eigenvalue weighted by molar-refractivity contribution is -0.122. The lowest BCUT2D eigenvalue weighted by Crippen LogP contribution is -2.36. The van der Waals surface area contributed by atoms with E-state index in [0.717, 1.165) is 97.3 Å². The smallest absolute Gasteiger partial charge is 0.315 e. The number of carbonyl (C=O) groups excluding carboxylic acids is 6. The lowest BCUT2D eigenvalue weighted by atomic mass is 10.0. The molecule has 1 aromatic carbocycles. The third-order valence-electron chi connectivity index (χ3n) is 14.2. The van der Waals surface area contributed by atoms with Gasteiger partial charge in [0.2, 0.25) is 23.6 Å². The molecule has 472 valence electrons. The predicted molar refractivity (Wildman–Crippen MR) is 322 cm³/mol. The van der Waals surface area contributed by atoms with E-state index >= 15 is 0 Å². The number of amides is 7. The predicted octanol–water partition coefficient (Wildman–Crippen LogP) is 4.87. The summed E-state index contributed by atoms with van der Waals surface area (Å²) in [6.45, 7) is 13.4. The molecule has 0 bridgehead atoms. The van der Waals surface area contributed by atoms with Crippen LogP contribution in [-0.4, -0.2) is 202 Å². The summed E-state index contributed by atoms with van der Waals surface area (Å²) in [5.74, 6) is 0.906. The fraction of sp³-hybridized carbons (Fsp3) is 0.700. The van der Waals surface area contributed by atoms with Crippen molar-refractivity contribution in [1.82, 2.24) is 36.9 Å². The number of nitrogens with one attached hydrogen (secondary N) is 8. The monoisotopic (exact) mass is 1200 g/mol. The Labute approximate surface area is 500 Å². The van der Waals surface area contributed by atoms with Crippen molar-refractivity contribution in [1.29, 1.82) is 0 Å². The fourth-order valence-corrected chi connectivity index (χ4v) is 11.2. The summed E-state index contributed by atoms with van der Waals surface area (Å²) in [6, 6.07) is 8.02. The molecule has 1 aromatic heterocycles. The van der Waals surface area contributed by atoms with Crippen molar-refractivity contribution in [3.63, 3.8) is 0 Å². The Morgan fingerprint density at radius 3 is 1.62 bits per heavy atom. The molecule has 3 aliphatic rings. The van der Waals surface area contributed by atoms with E-state index in [2.05, 4.69) is 42.2 Å². The summed E-state index contributed by atoms with van der Waals surface area (Å²) in [4.78, 5) is 76.5. The van der Waals surface area contributed by atoms with Gasteiger partial charge in [-0.1, -0.05) is 37.5 Å². The fourth-order valence-electron chi connectivity index (χ4n) is 9.64. The van der Waals surface area contributed by atoms with Crippen molar-refractivity contribution in [3.8, 4) is 0 Å². The number of aryl methyl sites for hydroxylation is 1. The Balaban J connectivity index is 0.653. The van der Waals surface area contributed by atoms with Crippen LogP contribution in [-0.2, 0) is 73.0 Å². The second kappa shape index (κ2) is 43.5. The van der Waals surface area contributed by atoms with E-state index in [1.165, 1.54) is 0 Å². The average molecular weight is 1200 g/mol. The van der Waals surface area contributed by atoms with Crippen LogP contribution in [0.2, 0.25) is 0 Å². The Kier molecular flexibility index (Phi) is 36.0. The van der Waals surface area contributed by atoms with Gasteiger partial charge in [-0.25, -0.2) is 4.79 Å². The highest BCUT2D eigenvalue weighted by molar-refractivity contribution is 8.00. The maximum Gasteiger partial charge on any atom is 0.315 e. The van der Waals surface area contributed by atoms with Crippen LogP contribution in [0.1, 0.15) is 118 Å². The van der Waals surface area contributed by atoms with Gasteiger partial charge in [0.05, 0.1) is 123 Å². The minimum absolute atomic E-state index is 0.0112. The molecule has 0 spiro atoms. The summed E-state index contributed by atoms with van der Waals surface area (Å²) in [7, 11) is 0. The van der Waals surface area contributed by atoms with Crippen LogP contribution in [0.25, 0.3) is 11.6 Å². The number of thioether (sulfide) groups is 1. The molecule has 7 amide bonds. The number of H-pyrrole nitrogens is 1. The molecule has 3 atom stereocenters. The topological polar surface area (TPSA) is 285 Å². The van der Waals surface area contributed by atoms with E-state index in [0.29, 0.717) is 181 Å². The van der Waals surface area contributed by atoms with Gasteiger partial charge in [0.1, 0.15) is 6.79 Å². The largest absolute Gasteiger partial charge is 0.377 e. The maximum absolute atomic E-state index is 12.6. The van der Waals surface area contributed by atoms with Crippen LogP contribution in [0.5, 0.6) is 0 Å². The van der Waals surface area contributed by atoms with Gasteiger partial charge in [0, 0.05) is 85.5 Å². The molecular weight excluding hydrogens is 1100 g/mol. The quantitative estimate of drug-likeness (QED) is 0.0190. The van der Waals surface area contributed by atoms with Gasteiger partial charge in [0.25, 0.3) is 5.91 Å². The molecule has 23 nitrogen and oxygen atoms in total. The normalized spacial score (nSPS) is 16.5. The number of carbonyl (C=O) groups is 6. The molecule has 0 saturated carbocycles. The molecule has 0 aliphatic carbocycles. The number of aromatic nitrogens is 1. The van der Waals surface area contributed by atoms with Crippen molar-refractivity contribution in [2.24, 2.45) is 0 Å². The zero-order valence-electron chi connectivity index (χ0n) is 49.8. The summed E-state index contributed by atoms with van der Waals surface area (Å²) in [5.41, 5.74) is 6.31. The number of hydrogen-bond donors (Lipinski definition) is 8. The molecule has 2 fully saturated rings. The van der Waals surface area contributed by atoms with Crippen LogP contribution in [0.15, 0.2) is 24.3 Å². The van der Waals surface area contributed by atoms with Crippen LogP contribution in [0.4, 0.5) is 10.5 Å². The van der Waals surface area contributed by atoms with Gasteiger partial charge < -0.3 is 84.8 Å². The number of fused-ring (bicyclic) bond motifs is 2. The van der Waals surface area contributed by atoms with Crippen molar-refractivity contribution in [3.05, 3.63) is 52.3 Å². The van der Waals surface area contributed by atoms with Gasteiger partial charge in [-0.3, -0.25) is 24.0 Å². The summed E-state index contributed by atoms with van der Waals surface area (Å²) in [6.07, 6.45) is 12.7. The molecule has 24 heteroatoms. The van der Waals surface area contributed by atoms with Gasteiger partial charge >= 0.3 is 6.03 Å². The minimum Gasteiger partial charge on any atom is -0.377 e. The minimum atomic E-state index is -0.121. The van der Waals surface area contributed by atoms with Gasteiger partial charge in [-0.05, 0) is 88.5 Å². The Hall–Kier alpha value is -5.15. The third kappa shape index (κ3) is 29.3. The Bertz CT molecular complexity index is 2270. The zero-order chi connectivity index (χ0) is 59.7. The molecule has 4 heterocycles. The molecule has 5 rings (SSSR count). The molecular formula is C60H96N8O15S. The number of aromatic amines is 1. The van der Waals surface area contributed by atoms with Crippen molar-refractivity contribution < 1.29 is 71.4 Å². The summed E-state index contributed by atoms with van der Waals surface area (Å²) >= 11 is 1.90. The first-order valence-corrected chi connectivity index (χ1v) is 31.4. The number of hydrogen-bond acceptors (Lipinski definition) is 16. The Morgan fingerprint density at radius 1 is 0.548 bits per heavy atom. The Morgan fingerprint density at radius 2 is 1.04 bits per heavy atom. The van der Waals surface area contributed by atoms with E-state index < -0.39 is 0 Å². The first-order chi connectivity index (χ1) is 41.1. The molecule has 3 aliphatic heterocycles. The van der Waals surface area contributed by atoms with E-state index in [1.54, 1.807) is 0 Å². The van der Waals surface area contributed by atoms with Crippen molar-refractivity contribution in [2.45, 2.75) is 127 Å². The van der Waals surface area contributed by atoms with Crippen LogP contribution >= 0.6 is 11.8 Å². The number of para-hydroxylation sites is 1. The van der Waals surface area contributed by atoms with Gasteiger partial charge in [0.15, 0.2) is 0 Å². The van der Waals surface area contributed by atoms with Crippen LogP contribution in [0, 0.1) is 13.8 Å². The SMILES string of the molecule is Cc1[nH]c(C=C2C(=O)Nc3ccccc32)c(C)c1CCC(=O)NCCCOCOCCOCCOCCOCCOCCOCCOCCOCCNC(=O)CCCCCNC(=O)CCCCCNC(=O)CCCC[C@@H]1SC[C@@H]2NC(=O)N[C@@H]21. The third-order valence-corrected chi connectivity index (χ3v) is 15.8. The number of ether oxygens (including phenoxy) is 9. The number of anilines is 1. The summed E-state index contributed by atoms with van der Waals surface area (Å²) in [5, 5.41) is 21.1. The first-order valence-electron chi connectivity index (χ1n) is 30.3. The van der Waals surface area contributed by atoms with E-state index in [4.69, 9.17) is 42.6 Å². The maximum atomic E-state index is 12.6. The molecule has 2 saturated heterocycles. The van der Waals surface area contributed by atoms with E-state index in [-0.39, 0.29) is 54.4 Å². The number of benzene rings is 1. The van der Waals surface area contributed by atoms with Gasteiger partial charge in [-0.2, -0.15) is 11.8 Å². The first kappa shape index (κ1) is 69.6. The molecule has 84 heavy (non-hydrogen) atoms. The van der Waals surface area contributed by atoms with Crippen molar-refractivity contribution >= 4 is 64.7 Å². The summed E-state index contributed by atoms with van der Waals surface area (Å²) < 4.78 is 49.7. The molecule has 2 aromatic rings. The molecule has 0 radical (unpaired) electrons. The second-order valence-corrected chi connectivity index (χ2v) is 22.1.